The van der Waals surface area contributed by atoms with Crippen LogP contribution in [0.5, 0.6) is 0 Å². The number of likely N-dealkylation sites (N-methyl/N-ethyl adjacent to an activating group) is 1. The van der Waals surface area contributed by atoms with Gasteiger partial charge in [-0.1, -0.05) is 12.6 Å². The minimum absolute atomic E-state index is 0.0290. The van der Waals surface area contributed by atoms with E-state index in [1.807, 2.05) is 0 Å². The van der Waals surface area contributed by atoms with Crippen LogP contribution in [0, 0.1) is 10.1 Å². The summed E-state index contributed by atoms with van der Waals surface area (Å²) in [7, 11) is 3.16. The second kappa shape index (κ2) is 8.42. The molecule has 1 fully saturated rings. The van der Waals surface area contributed by atoms with E-state index in [2.05, 4.69) is 19.2 Å². The van der Waals surface area contributed by atoms with Gasteiger partial charge in [0.1, 0.15) is 6.04 Å². The van der Waals surface area contributed by atoms with Gasteiger partial charge >= 0.3 is 0 Å². The number of thiol groups is 1. The van der Waals surface area contributed by atoms with Crippen molar-refractivity contribution in [3.05, 3.63) is 40.5 Å². The van der Waals surface area contributed by atoms with Crippen LogP contribution in [0.1, 0.15) is 12.5 Å². The molecule has 1 aromatic rings. The fourth-order valence-corrected chi connectivity index (χ4v) is 3.25. The van der Waals surface area contributed by atoms with Crippen LogP contribution in [-0.4, -0.2) is 77.1 Å². The zero-order valence-electron chi connectivity index (χ0n) is 15.9. The van der Waals surface area contributed by atoms with Crippen LogP contribution in [0.4, 0.5) is 5.69 Å². The second-order valence-corrected chi connectivity index (χ2v) is 7.13. The number of benzene rings is 1. The van der Waals surface area contributed by atoms with Crippen molar-refractivity contribution in [1.29, 1.82) is 0 Å². The van der Waals surface area contributed by atoms with Gasteiger partial charge in [-0.15, -0.1) is 12.6 Å². The Morgan fingerprint density at radius 2 is 1.93 bits per heavy atom. The van der Waals surface area contributed by atoms with Crippen molar-refractivity contribution in [2.24, 2.45) is 0 Å². The monoisotopic (exact) mass is 406 g/mol. The number of nitro benzene ring substituents is 1. The van der Waals surface area contributed by atoms with Crippen molar-refractivity contribution in [3.8, 4) is 0 Å². The van der Waals surface area contributed by atoms with Crippen LogP contribution in [0.3, 0.4) is 0 Å². The van der Waals surface area contributed by atoms with Gasteiger partial charge in [0.15, 0.2) is 0 Å². The first-order valence-electron chi connectivity index (χ1n) is 8.49. The lowest BCUT2D eigenvalue weighted by Gasteiger charge is -2.41. The highest BCUT2D eigenvalue weighted by molar-refractivity contribution is 7.80. The number of piperazine rings is 1. The maximum Gasteiger partial charge on any atom is 0.283 e. The van der Waals surface area contributed by atoms with Crippen molar-refractivity contribution in [2.75, 3.05) is 33.7 Å². The molecule has 0 aromatic heterocycles. The van der Waals surface area contributed by atoms with Gasteiger partial charge in [-0.25, -0.2) is 0 Å². The lowest BCUT2D eigenvalue weighted by molar-refractivity contribution is -0.387. The summed E-state index contributed by atoms with van der Waals surface area (Å²) < 4.78 is 0. The molecule has 1 aromatic carbocycles. The van der Waals surface area contributed by atoms with Crippen molar-refractivity contribution >= 4 is 41.6 Å². The predicted octanol–water partition coefficient (Wildman–Crippen LogP) is 1.04. The fraction of sp³-hybridized carbons (Fsp3) is 0.389. The third kappa shape index (κ3) is 4.33. The molecule has 1 atom stereocenters. The predicted molar refractivity (Wildman–Crippen MR) is 106 cm³/mol. The van der Waals surface area contributed by atoms with Crippen molar-refractivity contribution in [2.45, 2.75) is 17.9 Å². The number of carbonyl (C=O) groups is 3. The average molecular weight is 406 g/mol. The number of rotatable bonds is 4. The summed E-state index contributed by atoms with van der Waals surface area (Å²) in [6, 6.07) is 3.43. The van der Waals surface area contributed by atoms with Gasteiger partial charge in [-0.3, -0.25) is 24.5 Å². The fourth-order valence-electron chi connectivity index (χ4n) is 3.03. The van der Waals surface area contributed by atoms with Crippen LogP contribution in [0.2, 0.25) is 0 Å². The molecule has 1 aliphatic rings. The van der Waals surface area contributed by atoms with Crippen LogP contribution in [0.15, 0.2) is 29.7 Å². The van der Waals surface area contributed by atoms with E-state index in [0.29, 0.717) is 5.56 Å². The highest BCUT2D eigenvalue weighted by atomic mass is 32.1. The van der Waals surface area contributed by atoms with Crippen molar-refractivity contribution < 1.29 is 19.3 Å². The summed E-state index contributed by atoms with van der Waals surface area (Å²) >= 11 is 4.04. The smallest absolute Gasteiger partial charge is 0.283 e. The molecule has 9 nitrogen and oxygen atoms in total. The molecule has 10 heteroatoms. The van der Waals surface area contributed by atoms with E-state index in [9.17, 15) is 24.5 Å². The Bertz CT molecular complexity index is 854. The Hall–Kier alpha value is -2.88. The van der Waals surface area contributed by atoms with Gasteiger partial charge < -0.3 is 14.7 Å². The van der Waals surface area contributed by atoms with Gasteiger partial charge in [-0.2, -0.15) is 0 Å². The largest absolute Gasteiger partial charge is 0.347 e. The van der Waals surface area contributed by atoms with Gasteiger partial charge in [0.25, 0.3) is 11.6 Å². The van der Waals surface area contributed by atoms with E-state index in [1.165, 1.54) is 39.8 Å². The molecular weight excluding hydrogens is 384 g/mol. The number of nitro groups is 1. The van der Waals surface area contributed by atoms with Crippen molar-refractivity contribution in [3.63, 3.8) is 0 Å². The highest BCUT2D eigenvalue weighted by Crippen LogP contribution is 2.27. The van der Waals surface area contributed by atoms with Gasteiger partial charge in [0.2, 0.25) is 11.8 Å². The molecule has 2 rings (SSSR count). The Morgan fingerprint density at radius 3 is 2.46 bits per heavy atom. The van der Waals surface area contributed by atoms with Gasteiger partial charge in [-0.05, 0) is 11.6 Å². The minimum atomic E-state index is -0.785. The average Bonchev–Trinajstić information content (AvgIpc) is 2.65. The summed E-state index contributed by atoms with van der Waals surface area (Å²) in [6.07, 6.45) is 0. The summed E-state index contributed by atoms with van der Waals surface area (Å²) in [6.45, 7) is 5.64. The maximum absolute atomic E-state index is 12.9. The first-order valence-corrected chi connectivity index (χ1v) is 8.93. The maximum atomic E-state index is 12.9. The highest BCUT2D eigenvalue weighted by Gasteiger charge is 2.37. The van der Waals surface area contributed by atoms with E-state index in [0.717, 1.165) is 0 Å². The first-order chi connectivity index (χ1) is 13.0. The molecule has 0 radical (unpaired) electrons. The SMILES string of the molecule is C=C(C(=O)N1CCN(C(C)=O)C(C(=O)N(C)C)C1)c1ccc(S)c([N+](=O)[O-])c1. The van der Waals surface area contributed by atoms with Crippen LogP contribution in [-0.2, 0) is 14.4 Å². The molecule has 3 amide bonds. The second-order valence-electron chi connectivity index (χ2n) is 6.65. The summed E-state index contributed by atoms with van der Waals surface area (Å²) in [4.78, 5) is 52.2. The Labute approximate surface area is 168 Å². The van der Waals surface area contributed by atoms with E-state index < -0.39 is 16.9 Å². The van der Waals surface area contributed by atoms with E-state index in [1.54, 1.807) is 14.1 Å². The summed E-state index contributed by atoms with van der Waals surface area (Å²) in [5.41, 5.74) is 0.152. The van der Waals surface area contributed by atoms with E-state index >= 15 is 0 Å². The van der Waals surface area contributed by atoms with Gasteiger partial charge in [0, 0.05) is 45.7 Å². The molecule has 0 spiro atoms. The number of amides is 3. The van der Waals surface area contributed by atoms with Crippen LogP contribution >= 0.6 is 12.6 Å². The topological polar surface area (TPSA) is 104 Å². The first kappa shape index (κ1) is 21.4. The quantitative estimate of drug-likeness (QED) is 0.348. The molecule has 1 aliphatic heterocycles. The van der Waals surface area contributed by atoms with Crippen molar-refractivity contribution in [1.82, 2.24) is 14.7 Å². The summed E-state index contributed by atoms with van der Waals surface area (Å²) in [5.74, 6) is -0.972. The molecule has 0 N–H and O–H groups in total. The number of carbonyl (C=O) groups excluding carboxylic acids is 3. The third-order valence-electron chi connectivity index (χ3n) is 4.58. The molecule has 150 valence electrons. The van der Waals surface area contributed by atoms with E-state index in [4.69, 9.17) is 0 Å². The lowest BCUT2D eigenvalue weighted by atomic mass is 10.0. The molecule has 1 heterocycles. The Morgan fingerprint density at radius 1 is 1.29 bits per heavy atom. The zero-order valence-corrected chi connectivity index (χ0v) is 16.8. The summed E-state index contributed by atoms with van der Waals surface area (Å²) in [5, 5.41) is 11.1. The molecule has 28 heavy (non-hydrogen) atoms. The minimum Gasteiger partial charge on any atom is -0.347 e. The van der Waals surface area contributed by atoms with Crippen LogP contribution in [0.25, 0.3) is 5.57 Å². The number of hydrogen-bond acceptors (Lipinski definition) is 6. The molecule has 0 bridgehead atoms. The molecule has 0 aliphatic carbocycles. The lowest BCUT2D eigenvalue weighted by Crippen LogP contribution is -2.61. The normalized spacial score (nSPS) is 16.5. The number of hydrogen-bond donors (Lipinski definition) is 1. The molecule has 0 saturated carbocycles. The molecular formula is C18H22N4O5S. The van der Waals surface area contributed by atoms with Crippen LogP contribution < -0.4 is 0 Å². The molecule has 1 saturated heterocycles. The zero-order chi connectivity index (χ0) is 21.2. The standard InChI is InChI=1S/C18H22N4O5S/c1-11(13-5-6-16(28)14(9-13)22(26)27)17(24)20-7-8-21(12(2)23)15(10-20)18(25)19(3)4/h5-6,9,15,28H,1,7-8,10H2,2-4H3. The number of nitrogens with zero attached hydrogens (tertiary/aromatic N) is 4. The third-order valence-corrected chi connectivity index (χ3v) is 4.95. The van der Waals surface area contributed by atoms with Gasteiger partial charge in [0.05, 0.1) is 16.4 Å². The van der Waals surface area contributed by atoms with E-state index in [-0.39, 0.29) is 47.6 Å². The molecule has 1 unspecified atom stereocenters. The Kier molecular flexibility index (Phi) is 6.45. The Balaban J connectivity index is 2.25.